The Balaban J connectivity index is 1.93. The van der Waals surface area contributed by atoms with Gasteiger partial charge in [-0.25, -0.2) is 9.18 Å². The minimum Gasteiger partial charge on any atom is -0.475 e. The van der Waals surface area contributed by atoms with E-state index in [9.17, 15) is 14.3 Å². The summed E-state index contributed by atoms with van der Waals surface area (Å²) in [5.74, 6) is -1.45. The van der Waals surface area contributed by atoms with Crippen LogP contribution in [0.4, 0.5) is 10.1 Å². The van der Waals surface area contributed by atoms with Crippen LogP contribution in [0.1, 0.15) is 11.1 Å². The zero-order valence-corrected chi connectivity index (χ0v) is 13.8. The summed E-state index contributed by atoms with van der Waals surface area (Å²) in [5.41, 5.74) is 2.06. The maximum absolute atomic E-state index is 13.4. The third kappa shape index (κ3) is 3.75. The van der Waals surface area contributed by atoms with Crippen molar-refractivity contribution in [1.29, 1.82) is 0 Å². The summed E-state index contributed by atoms with van der Waals surface area (Å²) < 4.78 is 18.8. The van der Waals surface area contributed by atoms with Gasteiger partial charge in [-0.1, -0.05) is 17.7 Å². The number of aliphatic carboxylic acids is 1. The number of aliphatic hydroxyl groups excluding tert-OH is 1. The maximum Gasteiger partial charge on any atom is 0.373 e. The van der Waals surface area contributed by atoms with Crippen LogP contribution in [0.3, 0.4) is 0 Å². The largest absolute Gasteiger partial charge is 0.475 e. The Labute approximate surface area is 148 Å². The zero-order valence-electron chi connectivity index (χ0n) is 13.1. The third-order valence-corrected chi connectivity index (χ3v) is 4.15. The van der Waals surface area contributed by atoms with E-state index in [4.69, 9.17) is 21.4 Å². The van der Waals surface area contributed by atoms with Crippen LogP contribution >= 0.6 is 11.6 Å². The van der Waals surface area contributed by atoms with Crippen LogP contribution < -0.4 is 9.64 Å². The topological polar surface area (TPSA) is 70.0 Å². The van der Waals surface area contributed by atoms with Crippen LogP contribution in [0.25, 0.3) is 0 Å². The molecule has 2 aromatic rings. The molecule has 0 saturated heterocycles. The number of benzene rings is 2. The van der Waals surface area contributed by atoms with E-state index >= 15 is 0 Å². The van der Waals surface area contributed by atoms with Crippen LogP contribution in [0, 0.1) is 5.82 Å². The first kappa shape index (κ1) is 17.3. The van der Waals surface area contributed by atoms with Crippen molar-refractivity contribution >= 4 is 23.3 Å². The molecule has 0 aliphatic carbocycles. The molecule has 0 bridgehead atoms. The van der Waals surface area contributed by atoms with Gasteiger partial charge in [0.25, 0.3) is 0 Å². The Kier molecular flexibility index (Phi) is 4.92. The van der Waals surface area contributed by atoms with Crippen molar-refractivity contribution < 1.29 is 24.1 Å². The SMILES string of the molecule is O=C(O)C1=CN(CCO)c2ccc(Cc3cc(F)ccc3Cl)cc2O1. The molecule has 1 aliphatic rings. The van der Waals surface area contributed by atoms with E-state index in [0.29, 0.717) is 28.4 Å². The minimum atomic E-state index is -1.20. The highest BCUT2D eigenvalue weighted by molar-refractivity contribution is 6.31. The number of nitrogens with zero attached hydrogens (tertiary/aromatic N) is 1. The van der Waals surface area contributed by atoms with Crippen molar-refractivity contribution in [2.75, 3.05) is 18.1 Å². The lowest BCUT2D eigenvalue weighted by molar-refractivity contribution is -0.135. The van der Waals surface area contributed by atoms with Gasteiger partial charge in [-0.3, -0.25) is 0 Å². The van der Waals surface area contributed by atoms with E-state index in [1.165, 1.54) is 24.4 Å². The number of halogens is 2. The molecule has 1 heterocycles. The average molecular weight is 364 g/mol. The summed E-state index contributed by atoms with van der Waals surface area (Å²) in [6.07, 6.45) is 1.71. The van der Waals surface area contributed by atoms with Gasteiger partial charge in [0.2, 0.25) is 5.76 Å². The standard InChI is InChI=1S/C18H15ClFNO4/c19-14-3-2-13(20)9-12(14)7-11-1-4-15-16(8-11)25-17(18(23)24)10-21(15)5-6-22/h1-4,8-10,22H,5-7H2,(H,23,24). The predicted octanol–water partition coefficient (Wildman–Crippen LogP) is 3.19. The Morgan fingerprint density at radius 2 is 2.04 bits per heavy atom. The fourth-order valence-corrected chi connectivity index (χ4v) is 2.82. The van der Waals surface area contributed by atoms with Gasteiger partial charge in [0.1, 0.15) is 5.82 Å². The Morgan fingerprint density at radius 1 is 1.24 bits per heavy atom. The summed E-state index contributed by atoms with van der Waals surface area (Å²) >= 11 is 6.10. The fourth-order valence-electron chi connectivity index (χ4n) is 2.63. The second-order valence-corrected chi connectivity index (χ2v) is 5.94. The second-order valence-electron chi connectivity index (χ2n) is 5.53. The third-order valence-electron chi connectivity index (χ3n) is 3.78. The second kappa shape index (κ2) is 7.13. The predicted molar refractivity (Wildman–Crippen MR) is 91.4 cm³/mol. The van der Waals surface area contributed by atoms with Gasteiger partial charge in [-0.05, 0) is 47.9 Å². The van der Waals surface area contributed by atoms with Crippen molar-refractivity contribution in [3.05, 3.63) is 70.3 Å². The molecule has 0 atom stereocenters. The molecule has 2 aromatic carbocycles. The molecular weight excluding hydrogens is 349 g/mol. The first-order valence-electron chi connectivity index (χ1n) is 7.55. The summed E-state index contributed by atoms with van der Waals surface area (Å²) in [5, 5.41) is 18.8. The van der Waals surface area contributed by atoms with Crippen LogP contribution in [0.2, 0.25) is 5.02 Å². The molecule has 0 unspecified atom stereocenters. The van der Waals surface area contributed by atoms with Crippen molar-refractivity contribution in [3.8, 4) is 5.75 Å². The van der Waals surface area contributed by atoms with Gasteiger partial charge in [-0.2, -0.15) is 0 Å². The molecule has 7 heteroatoms. The Hall–Kier alpha value is -2.57. The number of fused-ring (bicyclic) bond motifs is 1. The summed E-state index contributed by atoms with van der Waals surface area (Å²) in [6, 6.07) is 9.43. The molecule has 2 N–H and O–H groups in total. The van der Waals surface area contributed by atoms with Gasteiger partial charge >= 0.3 is 5.97 Å². The summed E-state index contributed by atoms with van der Waals surface area (Å²) in [7, 11) is 0. The van der Waals surface area contributed by atoms with Crippen molar-refractivity contribution in [2.24, 2.45) is 0 Å². The van der Waals surface area contributed by atoms with Gasteiger partial charge in [0.05, 0.1) is 18.5 Å². The molecule has 0 saturated carbocycles. The van der Waals surface area contributed by atoms with E-state index in [2.05, 4.69) is 0 Å². The monoisotopic (exact) mass is 363 g/mol. The van der Waals surface area contributed by atoms with Gasteiger partial charge in [-0.15, -0.1) is 0 Å². The number of hydrogen-bond acceptors (Lipinski definition) is 4. The van der Waals surface area contributed by atoms with E-state index in [1.54, 1.807) is 17.0 Å². The van der Waals surface area contributed by atoms with Crippen molar-refractivity contribution in [1.82, 2.24) is 0 Å². The number of aliphatic hydroxyl groups is 1. The first-order valence-corrected chi connectivity index (χ1v) is 7.93. The molecule has 0 amide bonds. The van der Waals surface area contributed by atoms with Crippen LogP contribution in [0.5, 0.6) is 5.75 Å². The summed E-state index contributed by atoms with van der Waals surface area (Å²) in [6.45, 7) is 0.103. The number of rotatable bonds is 5. The first-order chi connectivity index (χ1) is 12.0. The summed E-state index contributed by atoms with van der Waals surface area (Å²) in [4.78, 5) is 12.8. The molecule has 1 aliphatic heterocycles. The lowest BCUT2D eigenvalue weighted by atomic mass is 10.0. The molecule has 5 nitrogen and oxygen atoms in total. The molecule has 130 valence electrons. The lowest BCUT2D eigenvalue weighted by Crippen LogP contribution is -2.27. The van der Waals surface area contributed by atoms with E-state index in [0.717, 1.165) is 5.56 Å². The molecule has 0 spiro atoms. The molecule has 3 rings (SSSR count). The normalized spacial score (nSPS) is 13.1. The number of anilines is 1. The highest BCUT2D eigenvalue weighted by Gasteiger charge is 2.23. The van der Waals surface area contributed by atoms with Gasteiger partial charge < -0.3 is 19.8 Å². The number of carbonyl (C=O) groups is 1. The molecule has 0 aromatic heterocycles. The molecular formula is C18H15ClFNO4. The van der Waals surface area contributed by atoms with Crippen molar-refractivity contribution in [2.45, 2.75) is 6.42 Å². The quantitative estimate of drug-likeness (QED) is 0.853. The fraction of sp³-hybridized carbons (Fsp3) is 0.167. The number of carboxylic acid groups (broad SMARTS) is 1. The zero-order chi connectivity index (χ0) is 18.0. The average Bonchev–Trinajstić information content (AvgIpc) is 2.58. The number of carboxylic acids is 1. The lowest BCUT2D eigenvalue weighted by Gasteiger charge is -2.27. The Morgan fingerprint density at radius 3 is 2.76 bits per heavy atom. The van der Waals surface area contributed by atoms with Gasteiger partial charge in [0.15, 0.2) is 5.75 Å². The van der Waals surface area contributed by atoms with Crippen molar-refractivity contribution in [3.63, 3.8) is 0 Å². The van der Waals surface area contributed by atoms with E-state index in [-0.39, 0.29) is 24.7 Å². The van der Waals surface area contributed by atoms with Crippen LogP contribution in [-0.4, -0.2) is 29.3 Å². The maximum atomic E-state index is 13.4. The van der Waals surface area contributed by atoms with Crippen LogP contribution in [-0.2, 0) is 11.2 Å². The number of hydrogen-bond donors (Lipinski definition) is 2. The van der Waals surface area contributed by atoms with Crippen LogP contribution in [0.15, 0.2) is 48.4 Å². The van der Waals surface area contributed by atoms with E-state index in [1.807, 2.05) is 6.07 Å². The van der Waals surface area contributed by atoms with Gasteiger partial charge in [0, 0.05) is 11.6 Å². The number of ether oxygens (including phenoxy) is 1. The molecule has 25 heavy (non-hydrogen) atoms. The highest BCUT2D eigenvalue weighted by atomic mass is 35.5. The van der Waals surface area contributed by atoms with E-state index < -0.39 is 5.97 Å². The highest BCUT2D eigenvalue weighted by Crippen LogP contribution is 2.36. The minimum absolute atomic E-state index is 0.135. The molecule has 0 fully saturated rings. The number of β-amino-alcohol motifs (C(OH)–C–C–N with tert-alkyl or cyclic N) is 1. The smallest absolute Gasteiger partial charge is 0.373 e. The molecule has 0 radical (unpaired) electrons. The Bertz CT molecular complexity index is 853.